The van der Waals surface area contributed by atoms with E-state index in [1.54, 1.807) is 6.07 Å². The average Bonchev–Trinajstić information content (AvgIpc) is 2.79. The third-order valence-electron chi connectivity index (χ3n) is 3.05. The van der Waals surface area contributed by atoms with Crippen molar-refractivity contribution in [2.75, 3.05) is 7.11 Å². The second kappa shape index (κ2) is 6.09. The number of aryl methyl sites for hydroxylation is 1. The predicted octanol–water partition coefficient (Wildman–Crippen LogP) is 1.76. The smallest absolute Gasteiger partial charge is 0.331 e. The van der Waals surface area contributed by atoms with E-state index < -0.39 is 6.04 Å². The Hall–Kier alpha value is -1.82. The van der Waals surface area contributed by atoms with Crippen LogP contribution in [-0.2, 0) is 9.53 Å². The van der Waals surface area contributed by atoms with Crippen LogP contribution >= 0.6 is 11.8 Å². The third-order valence-corrected chi connectivity index (χ3v) is 4.11. The fourth-order valence-corrected chi connectivity index (χ4v) is 2.90. The molecule has 2 rings (SSSR count). The highest BCUT2D eigenvalue weighted by atomic mass is 32.2. The highest BCUT2D eigenvalue weighted by molar-refractivity contribution is 8.14. The SMILES string of the molecule is COC(=O)C1N=C(NC(=O)c2ccccc2C)SC1C. The van der Waals surface area contributed by atoms with Gasteiger partial charge < -0.3 is 10.1 Å². The van der Waals surface area contributed by atoms with Crippen molar-refractivity contribution in [3.63, 3.8) is 0 Å². The summed E-state index contributed by atoms with van der Waals surface area (Å²) in [7, 11) is 1.33. The molecule has 1 aromatic carbocycles. The Morgan fingerprint density at radius 3 is 2.70 bits per heavy atom. The van der Waals surface area contributed by atoms with Gasteiger partial charge in [-0.25, -0.2) is 9.79 Å². The average molecular weight is 292 g/mol. The summed E-state index contributed by atoms with van der Waals surface area (Å²) in [4.78, 5) is 27.9. The van der Waals surface area contributed by atoms with Crippen LogP contribution in [0.5, 0.6) is 0 Å². The van der Waals surface area contributed by atoms with E-state index in [2.05, 4.69) is 15.0 Å². The molecule has 0 spiro atoms. The van der Waals surface area contributed by atoms with E-state index in [9.17, 15) is 9.59 Å². The maximum atomic E-state index is 12.2. The zero-order valence-corrected chi connectivity index (χ0v) is 12.4. The van der Waals surface area contributed by atoms with Gasteiger partial charge in [0.1, 0.15) is 0 Å². The monoisotopic (exact) mass is 292 g/mol. The number of methoxy groups -OCH3 is 1. The van der Waals surface area contributed by atoms with Gasteiger partial charge >= 0.3 is 5.97 Å². The van der Waals surface area contributed by atoms with Crippen molar-refractivity contribution in [2.24, 2.45) is 4.99 Å². The van der Waals surface area contributed by atoms with Crippen LogP contribution in [0.1, 0.15) is 22.8 Å². The number of rotatable bonds is 2. The van der Waals surface area contributed by atoms with Gasteiger partial charge in [0.25, 0.3) is 5.91 Å². The Kier molecular flexibility index (Phi) is 4.44. The summed E-state index contributed by atoms with van der Waals surface area (Å²) in [5.74, 6) is -0.600. The molecule has 1 aliphatic rings. The predicted molar refractivity (Wildman–Crippen MR) is 78.9 cm³/mol. The number of ether oxygens (including phenoxy) is 1. The molecule has 1 aromatic rings. The van der Waals surface area contributed by atoms with E-state index in [0.29, 0.717) is 10.7 Å². The second-order valence-corrected chi connectivity index (χ2v) is 5.86. The summed E-state index contributed by atoms with van der Waals surface area (Å²) in [6, 6.07) is 6.76. The lowest BCUT2D eigenvalue weighted by molar-refractivity contribution is -0.141. The topological polar surface area (TPSA) is 67.8 Å². The largest absolute Gasteiger partial charge is 0.467 e. The van der Waals surface area contributed by atoms with Crippen LogP contribution in [0.2, 0.25) is 0 Å². The second-order valence-electron chi connectivity index (χ2n) is 4.49. The molecule has 6 heteroatoms. The molecule has 0 aromatic heterocycles. The van der Waals surface area contributed by atoms with E-state index in [-0.39, 0.29) is 17.1 Å². The number of nitrogens with zero attached hydrogens (tertiary/aromatic N) is 1. The summed E-state index contributed by atoms with van der Waals surface area (Å²) in [5.41, 5.74) is 1.50. The standard InChI is InChI=1S/C14H16N2O3S/c1-8-6-4-5-7-10(8)12(17)16-14-15-11(9(2)20-14)13(18)19-3/h4-7,9,11H,1-3H3,(H,15,16,17). The van der Waals surface area contributed by atoms with Crippen molar-refractivity contribution in [1.29, 1.82) is 0 Å². The highest BCUT2D eigenvalue weighted by Crippen LogP contribution is 2.26. The van der Waals surface area contributed by atoms with Crippen LogP contribution in [0.4, 0.5) is 0 Å². The molecule has 2 unspecified atom stereocenters. The first kappa shape index (κ1) is 14.6. The minimum absolute atomic E-state index is 0.0466. The van der Waals surface area contributed by atoms with Gasteiger partial charge in [0.15, 0.2) is 11.2 Å². The maximum Gasteiger partial charge on any atom is 0.331 e. The molecule has 0 aliphatic carbocycles. The molecular formula is C14H16N2O3S. The van der Waals surface area contributed by atoms with E-state index >= 15 is 0 Å². The van der Waals surface area contributed by atoms with E-state index in [1.165, 1.54) is 18.9 Å². The molecule has 5 nitrogen and oxygen atoms in total. The molecule has 0 saturated heterocycles. The number of carbonyl (C=O) groups is 2. The van der Waals surface area contributed by atoms with Gasteiger partial charge in [0.05, 0.1) is 7.11 Å². The van der Waals surface area contributed by atoms with Crippen molar-refractivity contribution in [1.82, 2.24) is 5.32 Å². The Morgan fingerprint density at radius 2 is 2.05 bits per heavy atom. The zero-order chi connectivity index (χ0) is 14.7. The van der Waals surface area contributed by atoms with Gasteiger partial charge in [0.2, 0.25) is 0 Å². The fraction of sp³-hybridized carbons (Fsp3) is 0.357. The third kappa shape index (κ3) is 3.01. The summed E-state index contributed by atoms with van der Waals surface area (Å²) < 4.78 is 4.69. The Balaban J connectivity index is 2.10. The van der Waals surface area contributed by atoms with Crippen molar-refractivity contribution in [3.8, 4) is 0 Å². The van der Waals surface area contributed by atoms with Gasteiger partial charge in [-0.2, -0.15) is 0 Å². The molecule has 106 valence electrons. The van der Waals surface area contributed by atoms with Crippen LogP contribution < -0.4 is 5.32 Å². The number of amides is 1. The summed E-state index contributed by atoms with van der Waals surface area (Å²) in [6.45, 7) is 3.75. The molecule has 1 N–H and O–H groups in total. The molecule has 0 saturated carbocycles. The highest BCUT2D eigenvalue weighted by Gasteiger charge is 2.33. The van der Waals surface area contributed by atoms with Crippen LogP contribution in [0.25, 0.3) is 0 Å². The lowest BCUT2D eigenvalue weighted by atomic mass is 10.1. The van der Waals surface area contributed by atoms with Crippen molar-refractivity contribution >= 4 is 28.8 Å². The summed E-state index contributed by atoms with van der Waals surface area (Å²) >= 11 is 1.36. The molecular weight excluding hydrogens is 276 g/mol. The van der Waals surface area contributed by atoms with Crippen LogP contribution in [0, 0.1) is 6.92 Å². The lowest BCUT2D eigenvalue weighted by Crippen LogP contribution is -2.28. The van der Waals surface area contributed by atoms with Crippen molar-refractivity contribution < 1.29 is 14.3 Å². The molecule has 20 heavy (non-hydrogen) atoms. The first-order chi connectivity index (χ1) is 9.52. The summed E-state index contributed by atoms with van der Waals surface area (Å²) in [6.07, 6.45) is 0. The molecule has 2 atom stereocenters. The van der Waals surface area contributed by atoms with Crippen LogP contribution in [0.3, 0.4) is 0 Å². The van der Waals surface area contributed by atoms with E-state index in [1.807, 2.05) is 32.0 Å². The van der Waals surface area contributed by atoms with Crippen molar-refractivity contribution in [2.45, 2.75) is 25.1 Å². The molecule has 0 bridgehead atoms. The number of carbonyl (C=O) groups excluding carboxylic acids is 2. The quantitative estimate of drug-likeness (QED) is 0.843. The fourth-order valence-electron chi connectivity index (χ4n) is 1.92. The Labute approximate surface area is 121 Å². The molecule has 0 fully saturated rings. The summed E-state index contributed by atoms with van der Waals surface area (Å²) in [5, 5.41) is 3.15. The Bertz CT molecular complexity index is 571. The van der Waals surface area contributed by atoms with Crippen LogP contribution in [-0.4, -0.2) is 35.4 Å². The first-order valence-electron chi connectivity index (χ1n) is 6.22. The number of esters is 1. The molecule has 1 amide bonds. The van der Waals surface area contributed by atoms with Crippen molar-refractivity contribution in [3.05, 3.63) is 35.4 Å². The number of thioether (sulfide) groups is 1. The first-order valence-corrected chi connectivity index (χ1v) is 7.10. The van der Waals surface area contributed by atoms with Gasteiger partial charge in [0, 0.05) is 10.8 Å². The normalized spacial score (nSPS) is 21.2. The van der Waals surface area contributed by atoms with E-state index in [4.69, 9.17) is 0 Å². The van der Waals surface area contributed by atoms with Crippen LogP contribution in [0.15, 0.2) is 29.3 Å². The lowest BCUT2D eigenvalue weighted by Gasteiger charge is -2.08. The number of hydrogen-bond donors (Lipinski definition) is 1. The minimum Gasteiger partial charge on any atom is -0.467 e. The minimum atomic E-state index is -0.558. The molecule has 1 heterocycles. The van der Waals surface area contributed by atoms with Gasteiger partial charge in [-0.3, -0.25) is 4.79 Å². The van der Waals surface area contributed by atoms with Gasteiger partial charge in [-0.15, -0.1) is 0 Å². The number of nitrogens with one attached hydrogen (secondary N) is 1. The van der Waals surface area contributed by atoms with Gasteiger partial charge in [-0.1, -0.05) is 36.9 Å². The molecule has 1 aliphatic heterocycles. The maximum absolute atomic E-state index is 12.2. The zero-order valence-electron chi connectivity index (χ0n) is 11.5. The number of hydrogen-bond acceptors (Lipinski definition) is 5. The van der Waals surface area contributed by atoms with E-state index in [0.717, 1.165) is 5.56 Å². The number of benzene rings is 1. The molecule has 0 radical (unpaired) electrons. The van der Waals surface area contributed by atoms with Gasteiger partial charge in [-0.05, 0) is 18.6 Å². The Morgan fingerprint density at radius 1 is 1.35 bits per heavy atom. The number of amidine groups is 1. The number of aliphatic imine (C=N–C) groups is 1.